The van der Waals surface area contributed by atoms with Crippen LogP contribution >= 0.6 is 0 Å². The molecule has 0 saturated heterocycles. The van der Waals surface area contributed by atoms with E-state index < -0.39 is 0 Å². The van der Waals surface area contributed by atoms with Crippen molar-refractivity contribution in [2.75, 3.05) is 9.80 Å². The van der Waals surface area contributed by atoms with E-state index in [0.29, 0.717) is 11.8 Å². The molecule has 0 bridgehead atoms. The molecule has 0 amide bonds. The summed E-state index contributed by atoms with van der Waals surface area (Å²) in [6.07, 6.45) is 13.0. The molecule has 2 saturated carbocycles. The number of hydrogen-bond acceptors (Lipinski definition) is 3. The van der Waals surface area contributed by atoms with E-state index in [9.17, 15) is 0 Å². The minimum atomic E-state index is 0.0335. The first-order valence-corrected chi connectivity index (χ1v) is 26.9. The highest BCUT2D eigenvalue weighted by atomic mass is 15.2. The topological polar surface area (TPSA) is 19.4 Å². The summed E-state index contributed by atoms with van der Waals surface area (Å²) >= 11 is 0. The Kier molecular flexibility index (Phi) is 11.7. The van der Waals surface area contributed by atoms with Gasteiger partial charge in [0.15, 0.2) is 0 Å². The molecule has 0 N–H and O–H groups in total. The van der Waals surface area contributed by atoms with E-state index in [1.54, 1.807) is 0 Å². The number of rotatable bonds is 7. The molecule has 354 valence electrons. The van der Waals surface area contributed by atoms with Crippen molar-refractivity contribution in [3.05, 3.63) is 192 Å². The maximum atomic E-state index is 5.64. The lowest BCUT2D eigenvalue weighted by atomic mass is 9.33. The highest BCUT2D eigenvalue weighted by Gasteiger charge is 2.44. The molecule has 0 spiro atoms. The van der Waals surface area contributed by atoms with E-state index in [1.165, 1.54) is 143 Å². The fourth-order valence-corrected chi connectivity index (χ4v) is 12.6. The van der Waals surface area contributed by atoms with Gasteiger partial charge in [-0.1, -0.05) is 189 Å². The summed E-state index contributed by atoms with van der Waals surface area (Å²) in [6.45, 7) is 14.0. The summed E-state index contributed by atoms with van der Waals surface area (Å²) in [5, 5.41) is 0. The lowest BCUT2D eigenvalue weighted by molar-refractivity contribution is 0.444. The lowest BCUT2D eigenvalue weighted by Crippen LogP contribution is -2.61. The molecule has 0 radical (unpaired) electrons. The molecule has 4 aliphatic rings. The summed E-state index contributed by atoms with van der Waals surface area (Å²) in [5.41, 5.74) is 23.8. The Morgan fingerprint density at radius 2 is 0.817 bits per heavy atom. The van der Waals surface area contributed by atoms with Gasteiger partial charge in [0.2, 0.25) is 0 Å². The molecular formula is C67H68BN3. The molecule has 71 heavy (non-hydrogen) atoms. The highest BCUT2D eigenvalue weighted by Crippen LogP contribution is 2.49. The first kappa shape index (κ1) is 45.5. The first-order valence-electron chi connectivity index (χ1n) is 26.9. The predicted molar refractivity (Wildman–Crippen MR) is 304 cm³/mol. The van der Waals surface area contributed by atoms with E-state index in [2.05, 4.69) is 221 Å². The third-order valence-corrected chi connectivity index (χ3v) is 16.6. The second kappa shape index (κ2) is 18.2. The third-order valence-electron chi connectivity index (χ3n) is 16.6. The molecule has 7 aromatic carbocycles. The van der Waals surface area contributed by atoms with Gasteiger partial charge >= 0.3 is 0 Å². The molecule has 2 aliphatic heterocycles. The van der Waals surface area contributed by atoms with Crippen molar-refractivity contribution in [3.63, 3.8) is 0 Å². The summed E-state index contributed by atoms with van der Waals surface area (Å²) in [7, 11) is 0. The number of anilines is 6. The predicted octanol–water partition coefficient (Wildman–Crippen LogP) is 16.9. The second-order valence-electron chi connectivity index (χ2n) is 23.3. The van der Waals surface area contributed by atoms with Gasteiger partial charge in [0.25, 0.3) is 6.71 Å². The van der Waals surface area contributed by atoms with E-state index in [0.717, 1.165) is 28.1 Å². The van der Waals surface area contributed by atoms with E-state index >= 15 is 0 Å². The molecular weight excluding hydrogens is 858 g/mol. The van der Waals surface area contributed by atoms with Crippen LogP contribution in [0.2, 0.25) is 0 Å². The van der Waals surface area contributed by atoms with Crippen molar-refractivity contribution in [2.24, 2.45) is 0 Å². The van der Waals surface area contributed by atoms with E-state index in [-0.39, 0.29) is 17.5 Å². The number of nitrogens with zero attached hydrogens (tertiary/aromatic N) is 3. The van der Waals surface area contributed by atoms with Crippen LogP contribution < -0.4 is 26.2 Å². The molecule has 8 aromatic rings. The maximum Gasteiger partial charge on any atom is 0.252 e. The van der Waals surface area contributed by atoms with Crippen molar-refractivity contribution in [3.8, 4) is 33.6 Å². The summed E-state index contributed by atoms with van der Waals surface area (Å²) in [6, 6.07) is 65.4. The molecule has 1 aromatic heterocycles. The van der Waals surface area contributed by atoms with Gasteiger partial charge in [-0.25, -0.2) is 4.98 Å². The van der Waals surface area contributed by atoms with Crippen molar-refractivity contribution in [1.29, 1.82) is 0 Å². The molecule has 2 fully saturated rings. The van der Waals surface area contributed by atoms with E-state index in [4.69, 9.17) is 4.98 Å². The quantitative estimate of drug-likeness (QED) is 0.149. The van der Waals surface area contributed by atoms with Crippen LogP contribution in [0.4, 0.5) is 34.1 Å². The van der Waals surface area contributed by atoms with Gasteiger partial charge in [-0.3, -0.25) is 0 Å². The fraction of sp³-hybridized carbons (Fsp3) is 0.299. The average Bonchev–Trinajstić information content (AvgIpc) is 3.41. The van der Waals surface area contributed by atoms with Crippen LogP contribution in [0.25, 0.3) is 33.6 Å². The van der Waals surface area contributed by atoms with Gasteiger partial charge in [-0.2, -0.15) is 0 Å². The number of aromatic nitrogens is 1. The minimum absolute atomic E-state index is 0.0335. The highest BCUT2D eigenvalue weighted by molar-refractivity contribution is 7.00. The SMILES string of the molecule is CC(C)(C)c1ccc(N2c3cc(C4CCCCC4)ccc3B3c4ccc(C5CCCCC5)cc4N(c4ccc(C(C)(C)C)cc4)c4cc(-c5cc(-c6ccccc6)cc(-c6ccccc6)n5)cc2c43)cc1. The van der Waals surface area contributed by atoms with Crippen LogP contribution in [0.5, 0.6) is 0 Å². The van der Waals surface area contributed by atoms with Crippen LogP contribution in [0.1, 0.15) is 140 Å². The van der Waals surface area contributed by atoms with Gasteiger partial charge in [0.1, 0.15) is 0 Å². The Balaban J connectivity index is 1.17. The minimum Gasteiger partial charge on any atom is -0.311 e. The van der Waals surface area contributed by atoms with E-state index in [1.807, 2.05) is 0 Å². The molecule has 0 unspecified atom stereocenters. The van der Waals surface area contributed by atoms with Gasteiger partial charge < -0.3 is 9.80 Å². The van der Waals surface area contributed by atoms with Crippen molar-refractivity contribution in [2.45, 2.75) is 128 Å². The number of fused-ring (bicyclic) bond motifs is 4. The Labute approximate surface area is 424 Å². The van der Waals surface area contributed by atoms with Crippen molar-refractivity contribution in [1.82, 2.24) is 4.98 Å². The number of pyridine rings is 1. The summed E-state index contributed by atoms with van der Waals surface area (Å²) < 4.78 is 0. The van der Waals surface area contributed by atoms with Gasteiger partial charge in [-0.05, 0) is 159 Å². The lowest BCUT2D eigenvalue weighted by Gasteiger charge is -2.45. The average molecular weight is 926 g/mol. The smallest absolute Gasteiger partial charge is 0.252 e. The Hall–Kier alpha value is -6.65. The zero-order valence-electron chi connectivity index (χ0n) is 42.8. The molecule has 2 aliphatic carbocycles. The second-order valence-corrected chi connectivity index (χ2v) is 23.3. The normalized spacial score (nSPS) is 16.1. The largest absolute Gasteiger partial charge is 0.311 e. The Morgan fingerprint density at radius 1 is 0.394 bits per heavy atom. The molecule has 4 heteroatoms. The van der Waals surface area contributed by atoms with Crippen LogP contribution in [-0.2, 0) is 10.8 Å². The number of benzene rings is 7. The third kappa shape index (κ3) is 8.52. The van der Waals surface area contributed by atoms with Gasteiger partial charge in [-0.15, -0.1) is 0 Å². The van der Waals surface area contributed by atoms with Crippen molar-refractivity contribution >= 4 is 57.2 Å². The Bertz CT molecular complexity index is 3010. The molecule has 0 atom stereocenters. The zero-order valence-corrected chi connectivity index (χ0v) is 42.8. The van der Waals surface area contributed by atoms with Gasteiger partial charge in [0, 0.05) is 45.3 Å². The monoisotopic (exact) mass is 926 g/mol. The fourth-order valence-electron chi connectivity index (χ4n) is 12.6. The zero-order chi connectivity index (χ0) is 48.4. The van der Waals surface area contributed by atoms with Gasteiger partial charge in [0.05, 0.1) is 11.4 Å². The molecule has 3 nitrogen and oxygen atoms in total. The van der Waals surface area contributed by atoms with Crippen LogP contribution in [-0.4, -0.2) is 11.7 Å². The standard InChI is InChI=1S/C67H68BN3/c1-66(2,3)53-29-33-55(34-30-53)70-61-41-49(45-19-11-7-12-20-45)27-37-57(61)68-58-38-28-50(46-21-13-8-14-22-46)42-62(58)71(56-35-31-54(32-36-56)67(4,5)6)64-44-52(43-63(70)65(64)68)60-40-51(47-23-15-9-16-24-47)39-59(69-60)48-25-17-10-18-26-48/h9-10,15-18,23-46H,7-8,11-14,19-22H2,1-6H3. The maximum absolute atomic E-state index is 5.64. The first-order chi connectivity index (χ1) is 34.5. The molecule has 3 heterocycles. The summed E-state index contributed by atoms with van der Waals surface area (Å²) in [5.74, 6) is 1.15. The van der Waals surface area contributed by atoms with Crippen molar-refractivity contribution < 1.29 is 0 Å². The van der Waals surface area contributed by atoms with Crippen LogP contribution in [0.15, 0.2) is 170 Å². The summed E-state index contributed by atoms with van der Waals surface area (Å²) in [4.78, 5) is 10.9. The van der Waals surface area contributed by atoms with Crippen LogP contribution in [0, 0.1) is 0 Å². The van der Waals surface area contributed by atoms with Crippen LogP contribution in [0.3, 0.4) is 0 Å². The molecule has 12 rings (SSSR count). The number of hydrogen-bond donors (Lipinski definition) is 0. The Morgan fingerprint density at radius 3 is 1.25 bits per heavy atom.